The summed E-state index contributed by atoms with van der Waals surface area (Å²) in [6.07, 6.45) is 1.36. The van der Waals surface area contributed by atoms with Crippen LogP contribution in [0.3, 0.4) is 0 Å². The fraction of sp³-hybridized carbons (Fsp3) is 0.600. The van der Waals surface area contributed by atoms with E-state index in [2.05, 4.69) is 6.92 Å². The Morgan fingerprint density at radius 1 is 0.649 bits per heavy atom. The molecule has 1 aromatic rings. The lowest BCUT2D eigenvalue weighted by Gasteiger charge is -2.37. The van der Waals surface area contributed by atoms with Crippen molar-refractivity contribution in [3.63, 3.8) is 0 Å². The van der Waals surface area contributed by atoms with Crippen LogP contribution in [-0.4, -0.2) is 142 Å². The maximum Gasteiger partial charge on any atom is 0.317 e. The molecule has 1 saturated heterocycles. The first-order chi connectivity index (χ1) is 17.5. The van der Waals surface area contributed by atoms with Gasteiger partial charge in [-0.1, -0.05) is 31.2 Å². The highest BCUT2D eigenvalue weighted by Gasteiger charge is 2.27. The number of carboxylic acid groups (broad SMARTS) is 4. The number of carboxylic acids is 4. The molecule has 1 atom stereocenters. The number of hydrogen-bond acceptors (Lipinski definition) is 8. The Balaban J connectivity index is 2.39. The van der Waals surface area contributed by atoms with E-state index in [1.807, 2.05) is 24.3 Å². The van der Waals surface area contributed by atoms with Crippen LogP contribution in [0, 0.1) is 0 Å². The van der Waals surface area contributed by atoms with Gasteiger partial charge >= 0.3 is 23.9 Å². The molecular weight excluding hydrogens is 484 g/mol. The normalized spacial score (nSPS) is 19.5. The van der Waals surface area contributed by atoms with Crippen molar-refractivity contribution in [1.29, 1.82) is 0 Å². The molecule has 37 heavy (non-hydrogen) atoms. The maximum atomic E-state index is 11.8. The fourth-order valence-electron chi connectivity index (χ4n) is 4.54. The molecule has 12 heteroatoms. The van der Waals surface area contributed by atoms with Gasteiger partial charge in [0.1, 0.15) is 0 Å². The second kappa shape index (κ2) is 15.3. The highest BCUT2D eigenvalue weighted by atomic mass is 16.4. The molecule has 0 spiro atoms. The molecule has 0 saturated carbocycles. The molecule has 1 aliphatic heterocycles. The van der Waals surface area contributed by atoms with Crippen LogP contribution >= 0.6 is 0 Å². The average Bonchev–Trinajstić information content (AvgIpc) is 2.81. The van der Waals surface area contributed by atoms with Crippen molar-refractivity contribution in [3.8, 4) is 0 Å². The first kappa shape index (κ1) is 30.2. The Bertz CT molecular complexity index is 910. The topological polar surface area (TPSA) is 162 Å². The molecule has 0 aromatic heterocycles. The number of benzene rings is 1. The van der Waals surface area contributed by atoms with E-state index in [9.17, 15) is 39.6 Å². The van der Waals surface area contributed by atoms with Gasteiger partial charge in [-0.25, -0.2) is 0 Å². The largest absolute Gasteiger partial charge is 0.480 e. The summed E-state index contributed by atoms with van der Waals surface area (Å²) in [7, 11) is 0. The number of hydrogen-bond donors (Lipinski definition) is 4. The standard InChI is InChI=1S/C25H38N4O8/c1-2-19-3-5-20(6-4-19)13-21-14-28(17-24(34)35)10-9-26(15-22(30)31)7-8-27(16-23(32)33)11-12-29(21)18-25(36)37/h3-6,21H,2,7-18H2,1H3,(H,30,31)(H,32,33)(H,34,35)(H,36,37). The van der Waals surface area contributed by atoms with E-state index in [4.69, 9.17) is 0 Å². The lowest BCUT2D eigenvalue weighted by molar-refractivity contribution is -0.142. The summed E-state index contributed by atoms with van der Waals surface area (Å²) in [6.45, 7) is 2.91. The predicted octanol–water partition coefficient (Wildman–Crippen LogP) is -0.280. The molecule has 12 nitrogen and oxygen atoms in total. The van der Waals surface area contributed by atoms with Crippen LogP contribution < -0.4 is 0 Å². The van der Waals surface area contributed by atoms with Gasteiger partial charge in [0.15, 0.2) is 0 Å². The second-order valence-corrected chi connectivity index (χ2v) is 9.36. The molecule has 0 bridgehead atoms. The van der Waals surface area contributed by atoms with Crippen LogP contribution in [0.2, 0.25) is 0 Å². The van der Waals surface area contributed by atoms with Crippen LogP contribution in [0.1, 0.15) is 18.1 Å². The van der Waals surface area contributed by atoms with Crippen molar-refractivity contribution in [3.05, 3.63) is 35.4 Å². The third-order valence-electron chi connectivity index (χ3n) is 6.47. The summed E-state index contributed by atoms with van der Waals surface area (Å²) in [6, 6.07) is 7.64. The zero-order valence-electron chi connectivity index (χ0n) is 21.3. The monoisotopic (exact) mass is 522 g/mol. The Hall–Kier alpha value is -3.06. The molecule has 1 aromatic carbocycles. The Morgan fingerprint density at radius 3 is 1.51 bits per heavy atom. The van der Waals surface area contributed by atoms with Crippen molar-refractivity contribution >= 4 is 23.9 Å². The summed E-state index contributed by atoms with van der Waals surface area (Å²) < 4.78 is 0. The molecule has 0 aliphatic carbocycles. The molecule has 0 amide bonds. The Labute approximate surface area is 216 Å². The molecular formula is C25H38N4O8. The van der Waals surface area contributed by atoms with Crippen LogP contribution in [0.15, 0.2) is 24.3 Å². The summed E-state index contributed by atoms with van der Waals surface area (Å²) in [5, 5.41) is 37.8. The van der Waals surface area contributed by atoms with E-state index < -0.39 is 23.9 Å². The van der Waals surface area contributed by atoms with E-state index in [-0.39, 0.29) is 78.0 Å². The van der Waals surface area contributed by atoms with Gasteiger partial charge in [-0.2, -0.15) is 0 Å². The summed E-state index contributed by atoms with van der Waals surface area (Å²) in [4.78, 5) is 53.1. The first-order valence-electron chi connectivity index (χ1n) is 12.4. The number of carbonyl (C=O) groups is 4. The van der Waals surface area contributed by atoms with Gasteiger partial charge < -0.3 is 20.4 Å². The predicted molar refractivity (Wildman–Crippen MR) is 135 cm³/mol. The minimum Gasteiger partial charge on any atom is -0.480 e. The van der Waals surface area contributed by atoms with Crippen LogP contribution in [0.5, 0.6) is 0 Å². The smallest absolute Gasteiger partial charge is 0.317 e. The summed E-state index contributed by atoms with van der Waals surface area (Å²) in [5.41, 5.74) is 2.15. The summed E-state index contributed by atoms with van der Waals surface area (Å²) in [5.74, 6) is -4.11. The van der Waals surface area contributed by atoms with Gasteiger partial charge in [0.05, 0.1) is 26.2 Å². The Kier molecular flexibility index (Phi) is 12.4. The van der Waals surface area contributed by atoms with Gasteiger partial charge in [-0.3, -0.25) is 38.8 Å². The van der Waals surface area contributed by atoms with Gasteiger partial charge in [-0.15, -0.1) is 0 Å². The number of nitrogens with zero attached hydrogens (tertiary/aromatic N) is 4. The van der Waals surface area contributed by atoms with E-state index in [1.165, 1.54) is 5.56 Å². The SMILES string of the molecule is CCc1ccc(CC2CN(CC(=O)O)CCN(CC(=O)O)CCN(CC(=O)O)CCN2CC(=O)O)cc1. The van der Waals surface area contributed by atoms with Crippen molar-refractivity contribution in [2.75, 3.05) is 72.0 Å². The van der Waals surface area contributed by atoms with Crippen molar-refractivity contribution in [2.45, 2.75) is 25.8 Å². The highest BCUT2D eigenvalue weighted by molar-refractivity contribution is 5.70. The average molecular weight is 523 g/mol. The minimum absolute atomic E-state index is 0.250. The quantitative estimate of drug-likeness (QED) is 0.301. The zero-order valence-corrected chi connectivity index (χ0v) is 21.3. The number of aryl methyl sites for hydroxylation is 1. The molecule has 0 radical (unpaired) electrons. The molecule has 1 heterocycles. The lowest BCUT2D eigenvalue weighted by atomic mass is 10.0. The van der Waals surface area contributed by atoms with Crippen molar-refractivity contribution in [1.82, 2.24) is 19.6 Å². The maximum absolute atomic E-state index is 11.8. The minimum atomic E-state index is -1.03. The fourth-order valence-corrected chi connectivity index (χ4v) is 4.54. The van der Waals surface area contributed by atoms with Crippen molar-refractivity contribution < 1.29 is 39.6 Å². The zero-order chi connectivity index (χ0) is 27.4. The molecule has 1 unspecified atom stereocenters. The van der Waals surface area contributed by atoms with E-state index in [1.54, 1.807) is 19.6 Å². The van der Waals surface area contributed by atoms with E-state index in [0.717, 1.165) is 12.0 Å². The van der Waals surface area contributed by atoms with Gasteiger partial charge in [0, 0.05) is 51.9 Å². The second-order valence-electron chi connectivity index (χ2n) is 9.36. The van der Waals surface area contributed by atoms with Crippen molar-refractivity contribution in [2.24, 2.45) is 0 Å². The van der Waals surface area contributed by atoms with Crippen LogP contribution in [0.25, 0.3) is 0 Å². The first-order valence-corrected chi connectivity index (χ1v) is 12.4. The molecule has 1 fully saturated rings. The van der Waals surface area contributed by atoms with E-state index >= 15 is 0 Å². The number of aliphatic carboxylic acids is 4. The molecule has 1 aliphatic rings. The Morgan fingerprint density at radius 2 is 1.05 bits per heavy atom. The lowest BCUT2D eigenvalue weighted by Crippen LogP contribution is -2.53. The molecule has 2 rings (SSSR count). The molecule has 4 N–H and O–H groups in total. The summed E-state index contributed by atoms with van der Waals surface area (Å²) >= 11 is 0. The van der Waals surface area contributed by atoms with Crippen LogP contribution in [-0.2, 0) is 32.0 Å². The molecule has 206 valence electrons. The van der Waals surface area contributed by atoms with E-state index in [0.29, 0.717) is 6.42 Å². The van der Waals surface area contributed by atoms with Gasteiger partial charge in [0.2, 0.25) is 0 Å². The van der Waals surface area contributed by atoms with Gasteiger partial charge in [-0.05, 0) is 24.0 Å². The highest BCUT2D eigenvalue weighted by Crippen LogP contribution is 2.14. The third kappa shape index (κ3) is 11.7. The number of rotatable bonds is 11. The van der Waals surface area contributed by atoms with Gasteiger partial charge in [0.25, 0.3) is 0 Å². The third-order valence-corrected chi connectivity index (χ3v) is 6.47. The van der Waals surface area contributed by atoms with Crippen LogP contribution in [0.4, 0.5) is 0 Å².